The number of hydrogen-bond acceptors (Lipinski definition) is 4. The molecule has 1 amide bonds. The van der Waals surface area contributed by atoms with Crippen molar-refractivity contribution in [3.05, 3.63) is 92.1 Å². The van der Waals surface area contributed by atoms with E-state index in [1.165, 1.54) is 23.5 Å². The van der Waals surface area contributed by atoms with Crippen LogP contribution in [0.25, 0.3) is 11.4 Å². The van der Waals surface area contributed by atoms with E-state index < -0.39 is 6.04 Å². The van der Waals surface area contributed by atoms with Gasteiger partial charge < -0.3 is 5.32 Å². The van der Waals surface area contributed by atoms with Gasteiger partial charge in [-0.2, -0.15) is 5.10 Å². The number of H-pyrrole nitrogens is 1. The van der Waals surface area contributed by atoms with Crippen LogP contribution in [0.1, 0.15) is 16.5 Å². The number of benzene rings is 2. The summed E-state index contributed by atoms with van der Waals surface area (Å²) in [6, 6.07) is 16.7. The Hall–Kier alpha value is -2.81. The topological polar surface area (TPSA) is 62.7 Å². The predicted molar refractivity (Wildman–Crippen MR) is 119 cm³/mol. The molecule has 0 aliphatic carbocycles. The van der Waals surface area contributed by atoms with E-state index >= 15 is 0 Å². The minimum absolute atomic E-state index is 0.0175. The Kier molecular flexibility index (Phi) is 6.08. The van der Waals surface area contributed by atoms with Gasteiger partial charge in [0.15, 0.2) is 10.6 Å². The van der Waals surface area contributed by atoms with Crippen LogP contribution < -0.4 is 5.32 Å². The number of thiophene rings is 1. The van der Waals surface area contributed by atoms with Crippen LogP contribution in [0.2, 0.25) is 5.02 Å². The van der Waals surface area contributed by atoms with Crippen molar-refractivity contribution in [1.29, 1.82) is 0 Å². The van der Waals surface area contributed by atoms with Crippen molar-refractivity contribution in [2.75, 3.05) is 0 Å². The number of rotatable bonds is 6. The van der Waals surface area contributed by atoms with Gasteiger partial charge in [0.1, 0.15) is 12.4 Å². The summed E-state index contributed by atoms with van der Waals surface area (Å²) in [4.78, 5) is 13.9. The van der Waals surface area contributed by atoms with E-state index in [1.807, 2.05) is 29.6 Å². The molecule has 0 saturated carbocycles. The van der Waals surface area contributed by atoms with Gasteiger partial charge in [-0.3, -0.25) is 14.5 Å². The molecule has 1 unspecified atom stereocenters. The van der Waals surface area contributed by atoms with Crippen molar-refractivity contribution >= 4 is 41.1 Å². The van der Waals surface area contributed by atoms with Crippen LogP contribution in [0.3, 0.4) is 0 Å². The SMILES string of the molecule is O=C(Cn1c(-c2ccc(Cl)cc2)n[nH]c1=S)NC(c1ccc(F)cc1)c1cccs1. The zero-order chi connectivity index (χ0) is 21.1. The van der Waals surface area contributed by atoms with Gasteiger partial charge in [-0.05, 0) is 65.6 Å². The Bertz CT molecular complexity index is 1200. The third-order valence-corrected chi connectivity index (χ3v) is 6.00. The summed E-state index contributed by atoms with van der Waals surface area (Å²) in [6.07, 6.45) is 0. The summed E-state index contributed by atoms with van der Waals surface area (Å²) in [5.41, 5.74) is 1.58. The van der Waals surface area contributed by atoms with Crippen molar-refractivity contribution in [2.45, 2.75) is 12.6 Å². The molecule has 4 rings (SSSR count). The fourth-order valence-electron chi connectivity index (χ4n) is 3.06. The highest BCUT2D eigenvalue weighted by molar-refractivity contribution is 7.71. The number of nitrogens with zero attached hydrogens (tertiary/aromatic N) is 2. The number of carbonyl (C=O) groups is 1. The molecular weight excluding hydrogens is 443 g/mol. The maximum atomic E-state index is 13.4. The molecule has 9 heteroatoms. The average Bonchev–Trinajstić information content (AvgIpc) is 3.39. The molecule has 0 bridgehead atoms. The molecular formula is C21H16ClFN4OS2. The first-order chi connectivity index (χ1) is 14.5. The minimum Gasteiger partial charge on any atom is -0.343 e. The molecule has 2 N–H and O–H groups in total. The summed E-state index contributed by atoms with van der Waals surface area (Å²) >= 11 is 12.8. The Labute approximate surface area is 186 Å². The second-order valence-electron chi connectivity index (χ2n) is 6.51. The molecule has 2 heterocycles. The Balaban J connectivity index is 1.59. The van der Waals surface area contributed by atoms with Gasteiger partial charge in [0, 0.05) is 15.5 Å². The maximum absolute atomic E-state index is 13.4. The Morgan fingerprint density at radius 1 is 1.20 bits per heavy atom. The number of amides is 1. The quantitative estimate of drug-likeness (QED) is 0.382. The van der Waals surface area contributed by atoms with Gasteiger partial charge in [-0.15, -0.1) is 11.3 Å². The molecule has 152 valence electrons. The van der Waals surface area contributed by atoms with E-state index in [4.69, 9.17) is 23.8 Å². The van der Waals surface area contributed by atoms with Crippen LogP contribution in [0.5, 0.6) is 0 Å². The number of hydrogen-bond donors (Lipinski definition) is 2. The fourth-order valence-corrected chi connectivity index (χ4v) is 4.19. The van der Waals surface area contributed by atoms with E-state index in [9.17, 15) is 9.18 Å². The molecule has 30 heavy (non-hydrogen) atoms. The fraction of sp³-hybridized carbons (Fsp3) is 0.0952. The van der Waals surface area contributed by atoms with Gasteiger partial charge in [0.25, 0.3) is 0 Å². The van der Waals surface area contributed by atoms with Gasteiger partial charge in [0.2, 0.25) is 5.91 Å². The third kappa shape index (κ3) is 4.51. The summed E-state index contributed by atoms with van der Waals surface area (Å²) < 4.78 is 15.3. The molecule has 0 aliphatic rings. The van der Waals surface area contributed by atoms with Crippen molar-refractivity contribution < 1.29 is 9.18 Å². The molecule has 0 aliphatic heterocycles. The summed E-state index contributed by atoms with van der Waals surface area (Å²) in [6.45, 7) is -0.0175. The zero-order valence-corrected chi connectivity index (χ0v) is 17.9. The smallest absolute Gasteiger partial charge is 0.240 e. The highest BCUT2D eigenvalue weighted by Crippen LogP contribution is 2.26. The largest absolute Gasteiger partial charge is 0.343 e. The summed E-state index contributed by atoms with van der Waals surface area (Å²) in [5, 5.41) is 12.6. The lowest BCUT2D eigenvalue weighted by molar-refractivity contribution is -0.122. The van der Waals surface area contributed by atoms with E-state index in [1.54, 1.807) is 28.8 Å². The van der Waals surface area contributed by atoms with E-state index in [-0.39, 0.29) is 18.3 Å². The molecule has 5 nitrogen and oxygen atoms in total. The second-order valence-corrected chi connectivity index (χ2v) is 8.32. The lowest BCUT2D eigenvalue weighted by atomic mass is 10.1. The molecule has 2 aromatic carbocycles. The van der Waals surface area contributed by atoms with Crippen LogP contribution in [0.15, 0.2) is 66.0 Å². The lowest BCUT2D eigenvalue weighted by Gasteiger charge is -2.18. The molecule has 1 atom stereocenters. The first-order valence-corrected chi connectivity index (χ1v) is 10.7. The maximum Gasteiger partial charge on any atom is 0.240 e. The van der Waals surface area contributed by atoms with Gasteiger partial charge in [0.05, 0.1) is 6.04 Å². The highest BCUT2D eigenvalue weighted by Gasteiger charge is 2.20. The minimum atomic E-state index is -0.391. The van der Waals surface area contributed by atoms with Gasteiger partial charge in [-0.25, -0.2) is 4.39 Å². The molecule has 0 saturated heterocycles. The van der Waals surface area contributed by atoms with Gasteiger partial charge in [-0.1, -0.05) is 29.8 Å². The molecule has 2 aromatic heterocycles. The predicted octanol–water partition coefficient (Wildman–Crippen LogP) is 5.37. The number of carbonyl (C=O) groups excluding carboxylic acids is 1. The number of aromatic amines is 1. The van der Waals surface area contributed by atoms with Crippen molar-refractivity contribution in [3.8, 4) is 11.4 Å². The zero-order valence-electron chi connectivity index (χ0n) is 15.5. The second kappa shape index (κ2) is 8.91. The van der Waals surface area contributed by atoms with Crippen molar-refractivity contribution in [2.24, 2.45) is 0 Å². The van der Waals surface area contributed by atoms with E-state index in [0.717, 1.165) is 16.0 Å². The summed E-state index contributed by atoms with van der Waals surface area (Å²) in [7, 11) is 0. The van der Waals surface area contributed by atoms with Crippen LogP contribution in [-0.4, -0.2) is 20.7 Å². The standard InChI is InChI=1S/C21H16ClFN4OS2/c22-15-7-3-14(4-8-15)20-25-26-21(29)27(20)12-18(28)24-19(17-2-1-11-30-17)13-5-9-16(23)10-6-13/h1-11,19H,12H2,(H,24,28)(H,26,29). The molecule has 4 aromatic rings. The first-order valence-electron chi connectivity index (χ1n) is 9.00. The van der Waals surface area contributed by atoms with Crippen LogP contribution in [0.4, 0.5) is 4.39 Å². The number of halogens is 2. The van der Waals surface area contributed by atoms with Crippen molar-refractivity contribution in [3.63, 3.8) is 0 Å². The van der Waals surface area contributed by atoms with Crippen LogP contribution >= 0.6 is 35.2 Å². The lowest BCUT2D eigenvalue weighted by Crippen LogP contribution is -2.32. The highest BCUT2D eigenvalue weighted by atomic mass is 35.5. The molecule has 0 radical (unpaired) electrons. The van der Waals surface area contributed by atoms with E-state index in [2.05, 4.69) is 15.5 Å². The molecule has 0 spiro atoms. The number of aromatic nitrogens is 3. The third-order valence-electron chi connectivity index (χ3n) is 4.50. The average molecular weight is 459 g/mol. The Morgan fingerprint density at radius 3 is 2.60 bits per heavy atom. The van der Waals surface area contributed by atoms with Crippen LogP contribution in [-0.2, 0) is 11.3 Å². The molecule has 0 fully saturated rings. The van der Waals surface area contributed by atoms with E-state index in [0.29, 0.717) is 15.6 Å². The normalized spacial score (nSPS) is 11.9. The van der Waals surface area contributed by atoms with Crippen molar-refractivity contribution in [1.82, 2.24) is 20.1 Å². The van der Waals surface area contributed by atoms with Crippen LogP contribution in [0, 0.1) is 10.6 Å². The monoisotopic (exact) mass is 458 g/mol. The number of nitrogens with one attached hydrogen (secondary N) is 2. The summed E-state index contributed by atoms with van der Waals surface area (Å²) in [5.74, 6) is -0.0287. The Morgan fingerprint density at radius 2 is 1.93 bits per heavy atom. The first kappa shape index (κ1) is 20.5. The van der Waals surface area contributed by atoms with Gasteiger partial charge >= 0.3 is 0 Å².